The maximum atomic E-state index is 9.44. The van der Waals surface area contributed by atoms with Crippen LogP contribution in [0.3, 0.4) is 0 Å². The van der Waals surface area contributed by atoms with Crippen molar-refractivity contribution in [3.8, 4) is 11.5 Å². The summed E-state index contributed by atoms with van der Waals surface area (Å²) in [7, 11) is 1.73. The Bertz CT molecular complexity index is 792. The second-order valence-electron chi connectivity index (χ2n) is 7.24. The zero-order chi connectivity index (χ0) is 20.5. The van der Waals surface area contributed by atoms with E-state index < -0.39 is 0 Å². The fourth-order valence-electron chi connectivity index (χ4n) is 3.74. The summed E-state index contributed by atoms with van der Waals surface area (Å²) < 4.78 is 5.63. The van der Waals surface area contributed by atoms with Crippen LogP contribution in [0.1, 0.15) is 36.9 Å². The van der Waals surface area contributed by atoms with Crippen LogP contribution in [0.4, 0.5) is 0 Å². The summed E-state index contributed by atoms with van der Waals surface area (Å²) in [5.41, 5.74) is 2.26. The van der Waals surface area contributed by atoms with Crippen molar-refractivity contribution in [2.24, 2.45) is 4.99 Å². The first kappa shape index (κ1) is 24.3. The van der Waals surface area contributed by atoms with Gasteiger partial charge in [-0.2, -0.15) is 0 Å². The van der Waals surface area contributed by atoms with E-state index >= 15 is 0 Å². The number of rotatable bonds is 8. The summed E-state index contributed by atoms with van der Waals surface area (Å²) in [6, 6.07) is 15.7. The molecule has 1 heterocycles. The second-order valence-corrected chi connectivity index (χ2v) is 7.24. The van der Waals surface area contributed by atoms with Gasteiger partial charge in [-0.05, 0) is 56.6 Å². The fraction of sp³-hybridized carbons (Fsp3) is 0.435. The number of hydrogen-bond donors (Lipinski definition) is 3. The highest BCUT2D eigenvalue weighted by atomic mass is 127. The maximum Gasteiger partial charge on any atom is 0.191 e. The highest BCUT2D eigenvalue weighted by molar-refractivity contribution is 14.0. The first-order valence-corrected chi connectivity index (χ1v) is 10.4. The molecule has 7 heteroatoms. The number of guanidine groups is 1. The van der Waals surface area contributed by atoms with E-state index in [-0.39, 0.29) is 35.8 Å². The van der Waals surface area contributed by atoms with Crippen molar-refractivity contribution in [1.82, 2.24) is 15.5 Å². The molecule has 2 aromatic carbocycles. The standard InChI is InChI=1S/C23H32N4O2.HI/c1-3-24-23(25-16-18-10-12-19(28)13-11-18)26-17-21(27-14-6-7-15-27)20-8-4-5-9-22(20)29-2;/h4-5,8-13,21,28H,3,6-7,14-17H2,1-2H3,(H2,24,25,26);1H. The van der Waals surface area contributed by atoms with Crippen molar-refractivity contribution in [3.05, 3.63) is 59.7 Å². The zero-order valence-electron chi connectivity index (χ0n) is 17.8. The van der Waals surface area contributed by atoms with Crippen molar-refractivity contribution < 1.29 is 9.84 Å². The Hall–Kier alpha value is -2.00. The molecule has 0 saturated carbocycles. The van der Waals surface area contributed by atoms with Crippen molar-refractivity contribution in [2.45, 2.75) is 32.4 Å². The largest absolute Gasteiger partial charge is 0.508 e. The summed E-state index contributed by atoms with van der Waals surface area (Å²) in [6.07, 6.45) is 2.47. The first-order valence-electron chi connectivity index (χ1n) is 10.4. The molecule has 0 bridgehead atoms. The third kappa shape index (κ3) is 6.77. The number of benzene rings is 2. The van der Waals surface area contributed by atoms with Gasteiger partial charge in [-0.3, -0.25) is 4.90 Å². The minimum Gasteiger partial charge on any atom is -0.508 e. The molecular weight excluding hydrogens is 491 g/mol. The number of ether oxygens (including phenoxy) is 1. The number of aliphatic imine (C=N–C) groups is 1. The van der Waals surface area contributed by atoms with E-state index in [1.54, 1.807) is 19.2 Å². The number of halogens is 1. The number of methoxy groups -OCH3 is 1. The summed E-state index contributed by atoms with van der Waals surface area (Å²) in [5.74, 6) is 1.99. The van der Waals surface area contributed by atoms with E-state index in [4.69, 9.17) is 9.73 Å². The number of phenolic OH excluding ortho intramolecular Hbond substituents is 1. The van der Waals surface area contributed by atoms with Gasteiger partial charge in [-0.1, -0.05) is 30.3 Å². The molecule has 0 spiro atoms. The highest BCUT2D eigenvalue weighted by Gasteiger charge is 2.26. The van der Waals surface area contributed by atoms with E-state index in [9.17, 15) is 5.11 Å². The zero-order valence-corrected chi connectivity index (χ0v) is 20.1. The van der Waals surface area contributed by atoms with Crippen molar-refractivity contribution in [3.63, 3.8) is 0 Å². The van der Waals surface area contributed by atoms with Gasteiger partial charge < -0.3 is 20.5 Å². The quantitative estimate of drug-likeness (QED) is 0.278. The number of aromatic hydroxyl groups is 1. The molecule has 30 heavy (non-hydrogen) atoms. The lowest BCUT2D eigenvalue weighted by molar-refractivity contribution is 0.239. The SMILES string of the molecule is CCNC(=NCc1ccc(O)cc1)NCC(c1ccccc1OC)N1CCCC1.I. The van der Waals surface area contributed by atoms with Crippen molar-refractivity contribution >= 4 is 29.9 Å². The van der Waals surface area contributed by atoms with Gasteiger partial charge in [0.25, 0.3) is 0 Å². The lowest BCUT2D eigenvalue weighted by Gasteiger charge is -2.30. The van der Waals surface area contributed by atoms with Gasteiger partial charge in [0.15, 0.2) is 5.96 Å². The molecule has 1 atom stereocenters. The molecule has 0 radical (unpaired) electrons. The van der Waals surface area contributed by atoms with E-state index in [2.05, 4.69) is 34.6 Å². The molecule has 0 aromatic heterocycles. The Balaban J connectivity index is 0.00000320. The fourth-order valence-corrected chi connectivity index (χ4v) is 3.74. The van der Waals surface area contributed by atoms with Crippen LogP contribution in [-0.4, -0.2) is 49.3 Å². The van der Waals surface area contributed by atoms with Crippen LogP contribution in [0, 0.1) is 0 Å². The summed E-state index contributed by atoms with van der Waals surface area (Å²) >= 11 is 0. The Kier molecular flexibility index (Phi) is 10.2. The van der Waals surface area contributed by atoms with Gasteiger partial charge in [0, 0.05) is 18.7 Å². The molecule has 6 nitrogen and oxygen atoms in total. The predicted molar refractivity (Wildman–Crippen MR) is 133 cm³/mol. The van der Waals surface area contributed by atoms with Gasteiger partial charge in [0.2, 0.25) is 0 Å². The number of phenols is 1. The number of nitrogens with one attached hydrogen (secondary N) is 2. The summed E-state index contributed by atoms with van der Waals surface area (Å²) in [6.45, 7) is 6.37. The molecule has 164 valence electrons. The van der Waals surface area contributed by atoms with E-state index in [0.717, 1.165) is 43.5 Å². The Morgan fingerprint density at radius 1 is 1.10 bits per heavy atom. The molecule has 0 amide bonds. The lowest BCUT2D eigenvalue weighted by atomic mass is 10.0. The number of likely N-dealkylation sites (tertiary alicyclic amines) is 1. The van der Waals surface area contributed by atoms with Gasteiger partial charge in [-0.25, -0.2) is 4.99 Å². The average Bonchev–Trinajstić information content (AvgIpc) is 3.28. The minimum absolute atomic E-state index is 0. The van der Waals surface area contributed by atoms with Crippen LogP contribution in [0.5, 0.6) is 11.5 Å². The second kappa shape index (κ2) is 12.6. The van der Waals surface area contributed by atoms with Gasteiger partial charge in [-0.15, -0.1) is 24.0 Å². The maximum absolute atomic E-state index is 9.44. The number of nitrogens with zero attached hydrogens (tertiary/aromatic N) is 2. The van der Waals surface area contributed by atoms with Gasteiger partial charge in [0.05, 0.1) is 19.7 Å². The van der Waals surface area contributed by atoms with Crippen LogP contribution in [0.25, 0.3) is 0 Å². The number of hydrogen-bond acceptors (Lipinski definition) is 4. The van der Waals surface area contributed by atoms with Crippen LogP contribution < -0.4 is 15.4 Å². The molecule has 1 aliphatic rings. The Labute approximate surface area is 196 Å². The molecule has 3 rings (SSSR count). The minimum atomic E-state index is 0. The monoisotopic (exact) mass is 524 g/mol. The molecule has 1 saturated heterocycles. The smallest absolute Gasteiger partial charge is 0.191 e. The van der Waals surface area contributed by atoms with Crippen molar-refractivity contribution in [2.75, 3.05) is 33.3 Å². The van der Waals surface area contributed by atoms with Crippen LogP contribution >= 0.6 is 24.0 Å². The van der Waals surface area contributed by atoms with Crippen LogP contribution in [0.15, 0.2) is 53.5 Å². The lowest BCUT2D eigenvalue weighted by Crippen LogP contribution is -2.42. The van der Waals surface area contributed by atoms with Crippen LogP contribution in [0.2, 0.25) is 0 Å². The Morgan fingerprint density at radius 2 is 1.80 bits per heavy atom. The van der Waals surface area contributed by atoms with E-state index in [1.165, 1.54) is 18.4 Å². The topological polar surface area (TPSA) is 69.1 Å². The molecule has 2 aromatic rings. The highest BCUT2D eigenvalue weighted by Crippen LogP contribution is 2.31. The van der Waals surface area contributed by atoms with Gasteiger partial charge >= 0.3 is 0 Å². The van der Waals surface area contributed by atoms with Crippen LogP contribution in [-0.2, 0) is 6.54 Å². The number of para-hydroxylation sites is 1. The summed E-state index contributed by atoms with van der Waals surface area (Å²) in [5, 5.41) is 16.3. The molecule has 0 aliphatic carbocycles. The normalized spacial score (nSPS) is 15.3. The third-order valence-corrected chi connectivity index (χ3v) is 5.24. The molecular formula is C23H33IN4O2. The molecule has 3 N–H and O–H groups in total. The predicted octanol–water partition coefficient (Wildman–Crippen LogP) is 3.91. The van der Waals surface area contributed by atoms with E-state index in [1.807, 2.05) is 24.3 Å². The van der Waals surface area contributed by atoms with E-state index in [0.29, 0.717) is 6.54 Å². The third-order valence-electron chi connectivity index (χ3n) is 5.24. The first-order chi connectivity index (χ1) is 14.2. The van der Waals surface area contributed by atoms with Gasteiger partial charge in [0.1, 0.15) is 11.5 Å². The summed E-state index contributed by atoms with van der Waals surface area (Å²) in [4.78, 5) is 7.23. The van der Waals surface area contributed by atoms with Crippen molar-refractivity contribution in [1.29, 1.82) is 0 Å². The molecule has 1 unspecified atom stereocenters. The molecule has 1 aliphatic heterocycles. The molecule has 1 fully saturated rings. The average molecular weight is 524 g/mol. The Morgan fingerprint density at radius 3 is 2.47 bits per heavy atom.